The first-order valence-corrected chi connectivity index (χ1v) is 6.71. The van der Waals surface area contributed by atoms with Crippen molar-refractivity contribution in [2.45, 2.75) is 19.4 Å². The van der Waals surface area contributed by atoms with Crippen LogP contribution in [-0.4, -0.2) is 29.2 Å². The van der Waals surface area contributed by atoms with Gasteiger partial charge >= 0.3 is 0 Å². The van der Waals surface area contributed by atoms with Crippen molar-refractivity contribution in [2.24, 2.45) is 0 Å². The fourth-order valence-electron chi connectivity index (χ4n) is 1.33. The average molecular weight is 323 g/mol. The molecule has 0 aliphatic rings. The zero-order valence-electron chi connectivity index (χ0n) is 9.71. The second-order valence-electron chi connectivity index (χ2n) is 3.88. The summed E-state index contributed by atoms with van der Waals surface area (Å²) in [5, 5.41) is 0.971. The minimum atomic E-state index is -0.439. The maximum absolute atomic E-state index is 13.5. The van der Waals surface area contributed by atoms with Gasteiger partial charge < -0.3 is 4.90 Å². The van der Waals surface area contributed by atoms with E-state index in [1.165, 1.54) is 12.1 Å². The minimum Gasteiger partial charge on any atom is -0.342 e. The Morgan fingerprint density at radius 3 is 2.76 bits per heavy atom. The van der Waals surface area contributed by atoms with Crippen molar-refractivity contribution >= 4 is 33.4 Å². The van der Waals surface area contributed by atoms with Crippen LogP contribution in [-0.2, 0) is 11.2 Å². The highest BCUT2D eigenvalue weighted by molar-refractivity contribution is 9.09. The summed E-state index contributed by atoms with van der Waals surface area (Å²) in [6.07, 6.45) is -0.0145. The predicted octanol–water partition coefficient (Wildman–Crippen LogP) is 3.26. The lowest BCUT2D eigenvalue weighted by atomic mass is 10.1. The van der Waals surface area contributed by atoms with Gasteiger partial charge in [0, 0.05) is 29.0 Å². The van der Waals surface area contributed by atoms with Gasteiger partial charge in [0.05, 0.1) is 6.42 Å². The Morgan fingerprint density at radius 1 is 1.59 bits per heavy atom. The van der Waals surface area contributed by atoms with Crippen molar-refractivity contribution in [3.05, 3.63) is 34.6 Å². The predicted molar refractivity (Wildman–Crippen MR) is 71.1 cm³/mol. The molecule has 0 heterocycles. The largest absolute Gasteiger partial charge is 0.342 e. The van der Waals surface area contributed by atoms with E-state index < -0.39 is 5.82 Å². The summed E-state index contributed by atoms with van der Waals surface area (Å²) in [5.41, 5.74) is 0.257. The van der Waals surface area contributed by atoms with Gasteiger partial charge in [-0.15, -0.1) is 0 Å². The van der Waals surface area contributed by atoms with Gasteiger partial charge in [0.2, 0.25) is 5.91 Å². The van der Waals surface area contributed by atoms with E-state index in [-0.39, 0.29) is 23.9 Å². The lowest BCUT2D eigenvalue weighted by molar-refractivity contribution is -0.130. The van der Waals surface area contributed by atoms with Gasteiger partial charge in [-0.3, -0.25) is 4.79 Å². The molecular formula is C12H14BrClFNO. The van der Waals surface area contributed by atoms with Gasteiger partial charge in [0.15, 0.2) is 0 Å². The van der Waals surface area contributed by atoms with E-state index in [9.17, 15) is 9.18 Å². The molecule has 0 radical (unpaired) electrons. The molecule has 5 heteroatoms. The Kier molecular flexibility index (Phi) is 5.40. The topological polar surface area (TPSA) is 20.3 Å². The number of amides is 1. The van der Waals surface area contributed by atoms with Crippen molar-refractivity contribution in [2.75, 3.05) is 12.4 Å². The van der Waals surface area contributed by atoms with E-state index in [1.807, 2.05) is 6.92 Å². The zero-order valence-corrected chi connectivity index (χ0v) is 12.1. The summed E-state index contributed by atoms with van der Waals surface area (Å²) >= 11 is 9.18. The minimum absolute atomic E-state index is 0.0145. The van der Waals surface area contributed by atoms with E-state index in [1.54, 1.807) is 18.0 Å². The van der Waals surface area contributed by atoms with Crippen molar-refractivity contribution in [1.29, 1.82) is 0 Å². The fraction of sp³-hybridized carbons (Fsp3) is 0.417. The van der Waals surface area contributed by atoms with E-state index in [2.05, 4.69) is 15.9 Å². The average Bonchev–Trinajstić information content (AvgIpc) is 2.31. The highest BCUT2D eigenvalue weighted by Gasteiger charge is 2.18. The van der Waals surface area contributed by atoms with Crippen molar-refractivity contribution in [3.63, 3.8) is 0 Å². The van der Waals surface area contributed by atoms with Gasteiger partial charge in [-0.05, 0) is 19.1 Å². The number of carbonyl (C=O) groups is 1. The third-order valence-corrected chi connectivity index (χ3v) is 3.96. The van der Waals surface area contributed by atoms with Crippen LogP contribution in [0.25, 0.3) is 0 Å². The van der Waals surface area contributed by atoms with Crippen LogP contribution in [0.3, 0.4) is 0 Å². The van der Waals surface area contributed by atoms with Gasteiger partial charge in [-0.2, -0.15) is 0 Å². The second kappa shape index (κ2) is 6.36. The van der Waals surface area contributed by atoms with Crippen LogP contribution in [0.15, 0.2) is 18.2 Å². The molecule has 0 aliphatic heterocycles. The van der Waals surface area contributed by atoms with Crippen LogP contribution in [0.5, 0.6) is 0 Å². The Morgan fingerprint density at radius 2 is 2.24 bits per heavy atom. The number of hydrogen-bond donors (Lipinski definition) is 0. The normalized spacial score (nSPS) is 12.3. The molecule has 1 atom stereocenters. The van der Waals surface area contributed by atoms with E-state index in [0.29, 0.717) is 10.4 Å². The lowest BCUT2D eigenvalue weighted by Crippen LogP contribution is -2.37. The summed E-state index contributed by atoms with van der Waals surface area (Å²) in [6.45, 7) is 1.91. The van der Waals surface area contributed by atoms with Crippen LogP contribution in [0, 0.1) is 5.82 Å². The molecule has 0 saturated heterocycles. The van der Waals surface area contributed by atoms with Crippen LogP contribution in [0.1, 0.15) is 12.5 Å². The lowest BCUT2D eigenvalue weighted by Gasteiger charge is -2.23. The van der Waals surface area contributed by atoms with Crippen molar-refractivity contribution in [3.8, 4) is 0 Å². The van der Waals surface area contributed by atoms with Crippen LogP contribution in [0.4, 0.5) is 4.39 Å². The molecule has 0 aromatic heterocycles. The molecule has 0 bridgehead atoms. The Labute approximate surface area is 114 Å². The Bertz CT molecular complexity index is 393. The molecule has 0 spiro atoms. The molecule has 0 saturated carbocycles. The number of alkyl halides is 1. The maximum atomic E-state index is 13.5. The smallest absolute Gasteiger partial charge is 0.227 e. The van der Waals surface area contributed by atoms with Crippen molar-refractivity contribution < 1.29 is 9.18 Å². The fourth-order valence-corrected chi connectivity index (χ4v) is 1.99. The summed E-state index contributed by atoms with van der Waals surface area (Å²) in [5.74, 6) is -0.588. The highest BCUT2D eigenvalue weighted by atomic mass is 79.9. The third kappa shape index (κ3) is 3.68. The van der Waals surface area contributed by atoms with Gasteiger partial charge in [0.1, 0.15) is 5.82 Å². The quantitative estimate of drug-likeness (QED) is 0.779. The van der Waals surface area contributed by atoms with Crippen LogP contribution in [0.2, 0.25) is 5.02 Å². The van der Waals surface area contributed by atoms with Crippen LogP contribution >= 0.6 is 27.5 Å². The molecule has 2 nitrogen and oxygen atoms in total. The Hall–Kier alpha value is -0.610. The molecule has 1 unspecified atom stereocenters. The summed E-state index contributed by atoms with van der Waals surface area (Å²) in [6, 6.07) is 4.48. The molecule has 0 fully saturated rings. The molecular weight excluding hydrogens is 308 g/mol. The molecule has 0 aliphatic carbocycles. The third-order valence-electron chi connectivity index (χ3n) is 2.67. The molecule has 17 heavy (non-hydrogen) atoms. The summed E-state index contributed by atoms with van der Waals surface area (Å²) in [4.78, 5) is 13.5. The van der Waals surface area contributed by atoms with Gasteiger partial charge in [-0.25, -0.2) is 4.39 Å². The van der Waals surface area contributed by atoms with E-state index in [0.717, 1.165) is 0 Å². The molecule has 94 valence electrons. The van der Waals surface area contributed by atoms with Gasteiger partial charge in [-0.1, -0.05) is 33.6 Å². The van der Waals surface area contributed by atoms with E-state index >= 15 is 0 Å². The molecule has 1 rings (SSSR count). The summed E-state index contributed by atoms with van der Waals surface area (Å²) < 4.78 is 13.5. The number of rotatable bonds is 4. The second-order valence-corrected chi connectivity index (χ2v) is 4.94. The zero-order chi connectivity index (χ0) is 13.0. The molecule has 1 aromatic carbocycles. The molecule has 1 aromatic rings. The first-order valence-electron chi connectivity index (χ1n) is 5.22. The standard InChI is InChI=1S/C12H14BrClFNO/c1-8(7-13)16(2)12(17)6-9-10(14)4-3-5-11(9)15/h3-5,8H,6-7H2,1-2H3. The Balaban J connectivity index is 2.81. The maximum Gasteiger partial charge on any atom is 0.227 e. The SMILES string of the molecule is CC(CBr)N(C)C(=O)Cc1c(F)cccc1Cl. The highest BCUT2D eigenvalue weighted by Crippen LogP contribution is 2.20. The molecule has 1 amide bonds. The first kappa shape index (κ1) is 14.5. The summed E-state index contributed by atoms with van der Waals surface area (Å²) in [7, 11) is 1.70. The number of hydrogen-bond acceptors (Lipinski definition) is 1. The number of carbonyl (C=O) groups excluding carboxylic acids is 1. The number of benzene rings is 1. The number of likely N-dealkylation sites (N-methyl/N-ethyl adjacent to an activating group) is 1. The van der Waals surface area contributed by atoms with Crippen LogP contribution < -0.4 is 0 Å². The van der Waals surface area contributed by atoms with Crippen molar-refractivity contribution in [1.82, 2.24) is 4.90 Å². The van der Waals surface area contributed by atoms with E-state index in [4.69, 9.17) is 11.6 Å². The van der Waals surface area contributed by atoms with Gasteiger partial charge in [0.25, 0.3) is 0 Å². The molecule has 0 N–H and O–H groups in total. The monoisotopic (exact) mass is 321 g/mol. The number of nitrogens with zero attached hydrogens (tertiary/aromatic N) is 1. The first-order chi connectivity index (χ1) is 7.97. The number of halogens is 3.